The van der Waals surface area contributed by atoms with Crippen molar-refractivity contribution in [1.82, 2.24) is 0 Å². The molecule has 6 heteroatoms. The second kappa shape index (κ2) is 8.06. The monoisotopic (exact) mass is 374 g/mol. The predicted molar refractivity (Wildman–Crippen MR) is 104 cm³/mol. The smallest absolute Gasteiger partial charge is 0.251 e. The van der Waals surface area contributed by atoms with Gasteiger partial charge in [-0.3, -0.25) is 9.59 Å². The van der Waals surface area contributed by atoms with Crippen LogP contribution in [0.1, 0.15) is 40.6 Å². The van der Waals surface area contributed by atoms with Gasteiger partial charge in [0, 0.05) is 21.9 Å². The highest BCUT2D eigenvalue weighted by Crippen LogP contribution is 2.39. The number of carbonyl (C=O) groups excluding carboxylic acids is 2. The molecule has 1 aliphatic carbocycles. The minimum absolute atomic E-state index is 0.0717. The highest BCUT2D eigenvalue weighted by molar-refractivity contribution is 7.99. The van der Waals surface area contributed by atoms with E-state index in [4.69, 9.17) is 5.73 Å². The quantitative estimate of drug-likeness (QED) is 0.748. The Kier molecular flexibility index (Phi) is 5.81. The first kappa shape index (κ1) is 18.0. The fraction of sp³-hybridized carbons (Fsp3) is 0.368. The van der Waals surface area contributed by atoms with Gasteiger partial charge in [0.05, 0.1) is 5.56 Å². The van der Waals surface area contributed by atoms with Crippen molar-refractivity contribution in [3.63, 3.8) is 0 Å². The zero-order valence-corrected chi connectivity index (χ0v) is 15.8. The van der Waals surface area contributed by atoms with Gasteiger partial charge in [-0.25, -0.2) is 0 Å². The van der Waals surface area contributed by atoms with E-state index in [9.17, 15) is 9.59 Å². The van der Waals surface area contributed by atoms with Crippen molar-refractivity contribution < 1.29 is 9.59 Å². The molecular weight excluding hydrogens is 352 g/mol. The number of nitrogens with two attached hydrogens (primary N) is 1. The lowest BCUT2D eigenvalue weighted by atomic mass is 9.88. The van der Waals surface area contributed by atoms with Gasteiger partial charge in [0.15, 0.2) is 0 Å². The van der Waals surface area contributed by atoms with E-state index in [-0.39, 0.29) is 5.91 Å². The summed E-state index contributed by atoms with van der Waals surface area (Å²) < 4.78 is 0. The standard InChI is InChI=1S/C19H22N2O2S2/c1-12-7-8-14-15(11-12)25-19(17(14)18(20)23)21-16(22)9-10-24-13-5-3-2-4-6-13/h2-6,12H,7-11H2,1H3,(H2,20,23)(H,21,22). The zero-order valence-electron chi connectivity index (χ0n) is 14.2. The number of thiophene rings is 1. The number of fused-ring (bicyclic) bond motifs is 1. The average molecular weight is 375 g/mol. The molecule has 25 heavy (non-hydrogen) atoms. The Hall–Kier alpha value is -1.79. The Balaban J connectivity index is 1.64. The van der Waals surface area contributed by atoms with Crippen LogP contribution >= 0.6 is 23.1 Å². The Morgan fingerprint density at radius 3 is 2.80 bits per heavy atom. The average Bonchev–Trinajstić information content (AvgIpc) is 2.92. The number of nitrogens with one attached hydrogen (secondary N) is 1. The van der Waals surface area contributed by atoms with Crippen molar-refractivity contribution in [1.29, 1.82) is 0 Å². The van der Waals surface area contributed by atoms with Crippen LogP contribution < -0.4 is 11.1 Å². The van der Waals surface area contributed by atoms with Crippen LogP contribution in [0.15, 0.2) is 35.2 Å². The Labute approximate surface area is 156 Å². The molecule has 1 atom stereocenters. The predicted octanol–water partition coefficient (Wildman–Crippen LogP) is 4.09. The normalized spacial score (nSPS) is 16.3. The third-order valence-electron chi connectivity index (χ3n) is 4.35. The lowest BCUT2D eigenvalue weighted by Crippen LogP contribution is -2.19. The summed E-state index contributed by atoms with van der Waals surface area (Å²) >= 11 is 3.16. The van der Waals surface area contributed by atoms with E-state index in [0.717, 1.165) is 29.7 Å². The maximum atomic E-state index is 12.3. The summed E-state index contributed by atoms with van der Waals surface area (Å²) in [5, 5.41) is 3.54. The summed E-state index contributed by atoms with van der Waals surface area (Å²) in [4.78, 5) is 26.5. The van der Waals surface area contributed by atoms with Crippen molar-refractivity contribution in [2.24, 2.45) is 11.7 Å². The van der Waals surface area contributed by atoms with Crippen LogP contribution in [-0.4, -0.2) is 17.6 Å². The number of carbonyl (C=O) groups is 2. The molecule has 132 valence electrons. The van der Waals surface area contributed by atoms with Crippen molar-refractivity contribution in [2.75, 3.05) is 11.1 Å². The van der Waals surface area contributed by atoms with Crippen molar-refractivity contribution in [2.45, 2.75) is 37.5 Å². The van der Waals surface area contributed by atoms with Crippen LogP contribution in [0, 0.1) is 5.92 Å². The highest BCUT2D eigenvalue weighted by Gasteiger charge is 2.27. The van der Waals surface area contributed by atoms with Gasteiger partial charge in [0.1, 0.15) is 5.00 Å². The van der Waals surface area contributed by atoms with Crippen molar-refractivity contribution in [3.8, 4) is 0 Å². The molecule has 3 rings (SSSR count). The fourth-order valence-electron chi connectivity index (χ4n) is 3.07. The van der Waals surface area contributed by atoms with Crippen LogP contribution in [0.5, 0.6) is 0 Å². The van der Waals surface area contributed by atoms with Gasteiger partial charge in [0.25, 0.3) is 5.91 Å². The number of benzene rings is 1. The maximum absolute atomic E-state index is 12.3. The molecule has 0 fully saturated rings. The third kappa shape index (κ3) is 4.44. The summed E-state index contributed by atoms with van der Waals surface area (Å²) in [6, 6.07) is 10.0. The second-order valence-electron chi connectivity index (χ2n) is 6.38. The van der Waals surface area contributed by atoms with Crippen LogP contribution in [0.2, 0.25) is 0 Å². The van der Waals surface area contributed by atoms with Crippen LogP contribution in [0.25, 0.3) is 0 Å². The highest BCUT2D eigenvalue weighted by atomic mass is 32.2. The molecule has 0 spiro atoms. The van der Waals surface area contributed by atoms with E-state index >= 15 is 0 Å². The summed E-state index contributed by atoms with van der Waals surface area (Å²) in [6.45, 7) is 2.21. The first-order chi connectivity index (χ1) is 12.0. The summed E-state index contributed by atoms with van der Waals surface area (Å²) in [5.41, 5.74) is 7.15. The number of amides is 2. The van der Waals surface area contributed by atoms with Crippen LogP contribution in [0.4, 0.5) is 5.00 Å². The van der Waals surface area contributed by atoms with E-state index in [1.807, 2.05) is 30.3 Å². The minimum atomic E-state index is -0.444. The van der Waals surface area contributed by atoms with Gasteiger partial charge in [0.2, 0.25) is 5.91 Å². The number of hydrogen-bond donors (Lipinski definition) is 2. The van der Waals surface area contributed by atoms with Crippen LogP contribution in [0.3, 0.4) is 0 Å². The molecular formula is C19H22N2O2S2. The molecule has 1 heterocycles. The molecule has 1 aromatic heterocycles. The van der Waals surface area contributed by atoms with E-state index in [2.05, 4.69) is 12.2 Å². The van der Waals surface area contributed by atoms with E-state index < -0.39 is 5.91 Å². The largest absolute Gasteiger partial charge is 0.365 e. The van der Waals surface area contributed by atoms with Crippen molar-refractivity contribution >= 4 is 39.9 Å². The second-order valence-corrected chi connectivity index (χ2v) is 8.65. The first-order valence-electron chi connectivity index (χ1n) is 8.46. The van der Waals surface area contributed by atoms with Gasteiger partial charge < -0.3 is 11.1 Å². The number of primary amides is 1. The molecule has 4 nitrogen and oxygen atoms in total. The molecule has 0 saturated heterocycles. The molecule has 2 amide bonds. The SMILES string of the molecule is CC1CCc2c(sc(NC(=O)CCSc3ccccc3)c2C(N)=O)C1. The lowest BCUT2D eigenvalue weighted by molar-refractivity contribution is -0.115. The number of anilines is 1. The summed E-state index contributed by atoms with van der Waals surface area (Å²) in [6.07, 6.45) is 3.28. The molecule has 0 saturated carbocycles. The third-order valence-corrected chi connectivity index (χ3v) is 6.54. The molecule has 0 radical (unpaired) electrons. The molecule has 0 aliphatic heterocycles. The van der Waals surface area contributed by atoms with Gasteiger partial charge >= 0.3 is 0 Å². The summed E-state index contributed by atoms with van der Waals surface area (Å²) in [5.74, 6) is 0.792. The fourth-order valence-corrected chi connectivity index (χ4v) is 5.37. The number of hydrogen-bond acceptors (Lipinski definition) is 4. The zero-order chi connectivity index (χ0) is 17.8. The van der Waals surface area contributed by atoms with E-state index in [1.165, 1.54) is 16.2 Å². The van der Waals surface area contributed by atoms with Crippen molar-refractivity contribution in [3.05, 3.63) is 46.3 Å². The minimum Gasteiger partial charge on any atom is -0.365 e. The molecule has 1 aromatic carbocycles. The van der Waals surface area contributed by atoms with Gasteiger partial charge in [-0.05, 0) is 42.9 Å². The maximum Gasteiger partial charge on any atom is 0.251 e. The molecule has 1 aliphatic rings. The molecule has 0 bridgehead atoms. The lowest BCUT2D eigenvalue weighted by Gasteiger charge is -2.18. The Morgan fingerprint density at radius 2 is 2.08 bits per heavy atom. The molecule has 3 N–H and O–H groups in total. The summed E-state index contributed by atoms with van der Waals surface area (Å²) in [7, 11) is 0. The van der Waals surface area contributed by atoms with E-state index in [1.54, 1.807) is 11.8 Å². The Bertz CT molecular complexity index is 771. The van der Waals surface area contributed by atoms with Crippen LogP contribution in [-0.2, 0) is 17.6 Å². The number of rotatable bonds is 6. The Morgan fingerprint density at radius 1 is 1.32 bits per heavy atom. The van der Waals surface area contributed by atoms with Gasteiger partial charge in [-0.1, -0.05) is 25.1 Å². The van der Waals surface area contributed by atoms with Gasteiger partial charge in [-0.15, -0.1) is 23.1 Å². The molecule has 1 unspecified atom stereocenters. The van der Waals surface area contributed by atoms with E-state index in [0.29, 0.717) is 28.7 Å². The topological polar surface area (TPSA) is 72.2 Å². The van der Waals surface area contributed by atoms with Gasteiger partial charge in [-0.2, -0.15) is 0 Å². The molecule has 2 aromatic rings. The number of thioether (sulfide) groups is 1. The first-order valence-corrected chi connectivity index (χ1v) is 10.3.